The van der Waals surface area contributed by atoms with Gasteiger partial charge in [-0.15, -0.1) is 0 Å². The largest absolute Gasteiger partial charge is 0.381 e. The standard InChI is InChI=1S/C13H10Br2N2O2/c14-10-1-4-12(5-2-10)16-8-9-7-11(15)3-6-13(9)17(18)19/h1-7,16H,8H2. The minimum atomic E-state index is -0.370. The highest BCUT2D eigenvalue weighted by atomic mass is 79.9. The lowest BCUT2D eigenvalue weighted by molar-refractivity contribution is -0.385. The molecule has 0 spiro atoms. The van der Waals surface area contributed by atoms with E-state index in [-0.39, 0.29) is 10.6 Å². The number of hydrogen-bond acceptors (Lipinski definition) is 3. The zero-order valence-corrected chi connectivity index (χ0v) is 12.9. The molecule has 2 aromatic rings. The van der Waals surface area contributed by atoms with Gasteiger partial charge in [-0.1, -0.05) is 31.9 Å². The third-order valence-corrected chi connectivity index (χ3v) is 3.59. The van der Waals surface area contributed by atoms with Crippen LogP contribution in [0.3, 0.4) is 0 Å². The second-order valence-corrected chi connectivity index (χ2v) is 5.72. The number of anilines is 1. The van der Waals surface area contributed by atoms with Crippen molar-refractivity contribution < 1.29 is 4.92 Å². The van der Waals surface area contributed by atoms with Gasteiger partial charge in [-0.3, -0.25) is 10.1 Å². The molecule has 2 aromatic carbocycles. The molecule has 2 rings (SSSR count). The SMILES string of the molecule is O=[N+]([O-])c1ccc(Br)cc1CNc1ccc(Br)cc1. The molecular formula is C13H10Br2N2O2. The summed E-state index contributed by atoms with van der Waals surface area (Å²) in [5.41, 5.74) is 1.67. The van der Waals surface area contributed by atoms with E-state index in [4.69, 9.17) is 0 Å². The van der Waals surface area contributed by atoms with Gasteiger partial charge in [-0.2, -0.15) is 0 Å². The zero-order chi connectivity index (χ0) is 13.8. The third-order valence-electron chi connectivity index (χ3n) is 2.57. The van der Waals surface area contributed by atoms with Crippen molar-refractivity contribution in [3.8, 4) is 0 Å². The highest BCUT2D eigenvalue weighted by Crippen LogP contribution is 2.24. The Morgan fingerprint density at radius 2 is 1.68 bits per heavy atom. The summed E-state index contributed by atoms with van der Waals surface area (Å²) in [4.78, 5) is 10.6. The monoisotopic (exact) mass is 384 g/mol. The molecule has 0 bridgehead atoms. The van der Waals surface area contributed by atoms with Crippen LogP contribution in [0.5, 0.6) is 0 Å². The maximum atomic E-state index is 10.9. The molecule has 0 aliphatic heterocycles. The number of nitro benzene ring substituents is 1. The van der Waals surface area contributed by atoms with Gasteiger partial charge in [-0.25, -0.2) is 0 Å². The summed E-state index contributed by atoms with van der Waals surface area (Å²) < 4.78 is 1.82. The van der Waals surface area contributed by atoms with Crippen LogP contribution in [-0.4, -0.2) is 4.92 Å². The first-order chi connectivity index (χ1) is 9.06. The molecule has 4 nitrogen and oxygen atoms in total. The molecule has 1 N–H and O–H groups in total. The Balaban J connectivity index is 2.16. The number of benzene rings is 2. The first-order valence-corrected chi connectivity index (χ1v) is 7.07. The van der Waals surface area contributed by atoms with Gasteiger partial charge in [0.1, 0.15) is 0 Å². The number of halogens is 2. The van der Waals surface area contributed by atoms with E-state index in [0.29, 0.717) is 12.1 Å². The van der Waals surface area contributed by atoms with Crippen LogP contribution in [-0.2, 0) is 6.54 Å². The van der Waals surface area contributed by atoms with Crippen molar-refractivity contribution in [1.82, 2.24) is 0 Å². The second kappa shape index (κ2) is 6.16. The summed E-state index contributed by atoms with van der Waals surface area (Å²) in [5, 5.41) is 14.1. The van der Waals surface area contributed by atoms with Crippen molar-refractivity contribution in [3.63, 3.8) is 0 Å². The summed E-state index contributed by atoms with van der Waals surface area (Å²) in [5.74, 6) is 0. The number of nitro groups is 1. The van der Waals surface area contributed by atoms with Crippen molar-refractivity contribution in [3.05, 3.63) is 67.1 Å². The lowest BCUT2D eigenvalue weighted by atomic mass is 10.2. The Hall–Kier alpha value is -1.40. The fourth-order valence-electron chi connectivity index (χ4n) is 1.64. The van der Waals surface area contributed by atoms with Crippen LogP contribution in [0, 0.1) is 10.1 Å². The van der Waals surface area contributed by atoms with Gasteiger partial charge in [0, 0.05) is 32.8 Å². The summed E-state index contributed by atoms with van der Waals surface area (Å²) in [6.45, 7) is 0.400. The van der Waals surface area contributed by atoms with Gasteiger partial charge in [-0.05, 0) is 36.4 Å². The molecule has 0 amide bonds. The molecule has 0 saturated heterocycles. The predicted octanol–water partition coefficient (Wildman–Crippen LogP) is 4.73. The molecule has 0 aliphatic carbocycles. The maximum Gasteiger partial charge on any atom is 0.274 e. The smallest absolute Gasteiger partial charge is 0.274 e. The maximum absolute atomic E-state index is 10.9. The molecule has 0 radical (unpaired) electrons. The molecule has 0 unspecified atom stereocenters. The minimum Gasteiger partial charge on any atom is -0.381 e. The van der Waals surface area contributed by atoms with Crippen molar-refractivity contribution in [2.75, 3.05) is 5.32 Å². The van der Waals surface area contributed by atoms with Crippen molar-refractivity contribution in [2.45, 2.75) is 6.54 Å². The van der Waals surface area contributed by atoms with Crippen LogP contribution in [0.2, 0.25) is 0 Å². The Labute approximate surface area is 127 Å². The van der Waals surface area contributed by atoms with E-state index < -0.39 is 0 Å². The lowest BCUT2D eigenvalue weighted by Gasteiger charge is -2.07. The minimum absolute atomic E-state index is 0.118. The summed E-state index contributed by atoms with van der Waals surface area (Å²) in [6, 6.07) is 12.6. The fourth-order valence-corrected chi connectivity index (χ4v) is 2.31. The van der Waals surface area contributed by atoms with Crippen LogP contribution in [0.4, 0.5) is 11.4 Å². The summed E-state index contributed by atoms with van der Waals surface area (Å²) in [6.07, 6.45) is 0. The van der Waals surface area contributed by atoms with Crippen molar-refractivity contribution in [2.24, 2.45) is 0 Å². The second-order valence-electron chi connectivity index (χ2n) is 3.89. The average molecular weight is 386 g/mol. The molecule has 19 heavy (non-hydrogen) atoms. The molecule has 6 heteroatoms. The first kappa shape index (κ1) is 14.0. The van der Waals surface area contributed by atoms with E-state index in [0.717, 1.165) is 14.6 Å². The van der Waals surface area contributed by atoms with Crippen molar-refractivity contribution in [1.29, 1.82) is 0 Å². The number of nitrogens with one attached hydrogen (secondary N) is 1. The van der Waals surface area contributed by atoms with E-state index in [9.17, 15) is 10.1 Å². The van der Waals surface area contributed by atoms with Crippen LogP contribution in [0.1, 0.15) is 5.56 Å². The molecule has 0 atom stereocenters. The zero-order valence-electron chi connectivity index (χ0n) is 9.77. The van der Waals surface area contributed by atoms with Crippen LogP contribution < -0.4 is 5.32 Å². The number of nitrogens with zero attached hydrogens (tertiary/aromatic N) is 1. The van der Waals surface area contributed by atoms with E-state index in [2.05, 4.69) is 37.2 Å². The predicted molar refractivity (Wildman–Crippen MR) is 82.3 cm³/mol. The Bertz CT molecular complexity index is 600. The Kier molecular flexibility index (Phi) is 4.55. The summed E-state index contributed by atoms with van der Waals surface area (Å²) >= 11 is 6.68. The number of hydrogen-bond donors (Lipinski definition) is 1. The van der Waals surface area contributed by atoms with Crippen molar-refractivity contribution >= 4 is 43.2 Å². The molecule has 0 aliphatic rings. The fraction of sp³-hybridized carbons (Fsp3) is 0.0769. The lowest BCUT2D eigenvalue weighted by Crippen LogP contribution is -2.03. The topological polar surface area (TPSA) is 55.2 Å². The van der Waals surface area contributed by atoms with Crippen LogP contribution in [0.15, 0.2) is 51.4 Å². The van der Waals surface area contributed by atoms with Crippen LogP contribution in [0.25, 0.3) is 0 Å². The molecular weight excluding hydrogens is 376 g/mol. The summed E-state index contributed by atoms with van der Waals surface area (Å²) in [7, 11) is 0. The van der Waals surface area contributed by atoms with E-state index in [1.807, 2.05) is 24.3 Å². The van der Waals surface area contributed by atoms with Gasteiger partial charge in [0.25, 0.3) is 5.69 Å². The van der Waals surface area contributed by atoms with E-state index in [1.54, 1.807) is 12.1 Å². The normalized spacial score (nSPS) is 10.2. The third kappa shape index (κ3) is 3.78. The van der Waals surface area contributed by atoms with E-state index >= 15 is 0 Å². The number of rotatable bonds is 4. The van der Waals surface area contributed by atoms with E-state index in [1.165, 1.54) is 6.07 Å². The van der Waals surface area contributed by atoms with Crippen LogP contribution >= 0.6 is 31.9 Å². The quantitative estimate of drug-likeness (QED) is 0.611. The van der Waals surface area contributed by atoms with Gasteiger partial charge in [0.05, 0.1) is 4.92 Å². The highest BCUT2D eigenvalue weighted by molar-refractivity contribution is 9.10. The van der Waals surface area contributed by atoms with Gasteiger partial charge >= 0.3 is 0 Å². The molecule has 0 aromatic heterocycles. The van der Waals surface area contributed by atoms with Gasteiger partial charge in [0.2, 0.25) is 0 Å². The van der Waals surface area contributed by atoms with Gasteiger partial charge < -0.3 is 5.32 Å². The molecule has 0 heterocycles. The first-order valence-electron chi connectivity index (χ1n) is 5.48. The highest BCUT2D eigenvalue weighted by Gasteiger charge is 2.13. The average Bonchev–Trinajstić information content (AvgIpc) is 2.38. The molecule has 0 fully saturated rings. The molecule has 0 saturated carbocycles. The molecule has 98 valence electrons. The Morgan fingerprint density at radius 3 is 2.32 bits per heavy atom. The van der Waals surface area contributed by atoms with Gasteiger partial charge in [0.15, 0.2) is 0 Å². The Morgan fingerprint density at radius 1 is 1.05 bits per heavy atom.